The first-order valence-electron chi connectivity index (χ1n) is 6.59. The summed E-state index contributed by atoms with van der Waals surface area (Å²) < 4.78 is 5.51. The Kier molecular flexibility index (Phi) is 4.62. The molecule has 1 aromatic carbocycles. The first-order chi connectivity index (χ1) is 10.1. The fraction of sp³-hybridized carbons (Fsp3) is 0.250. The highest BCUT2D eigenvalue weighted by molar-refractivity contribution is 5.88. The Bertz CT molecular complexity index is 693. The van der Waals surface area contributed by atoms with E-state index in [0.29, 0.717) is 11.7 Å². The molecule has 0 atom stereocenters. The van der Waals surface area contributed by atoms with Crippen LogP contribution in [0, 0.1) is 17.8 Å². The van der Waals surface area contributed by atoms with Gasteiger partial charge in [0.2, 0.25) is 11.6 Å². The van der Waals surface area contributed by atoms with Crippen LogP contribution in [0.15, 0.2) is 30.6 Å². The lowest BCUT2D eigenvalue weighted by Crippen LogP contribution is -1.99. The number of hydrogen-bond donors (Lipinski definition) is 2. The van der Waals surface area contributed by atoms with Crippen LogP contribution < -0.4 is 4.74 Å². The average molecular weight is 284 g/mol. The highest BCUT2D eigenvalue weighted by Crippen LogP contribution is 2.22. The normalized spacial score (nSPS) is 10.0. The number of aromatic nitrogens is 2. The number of carboxylic acid groups (broad SMARTS) is 1. The third kappa shape index (κ3) is 4.11. The molecule has 108 valence electrons. The Labute approximate surface area is 123 Å². The predicted octanol–water partition coefficient (Wildman–Crippen LogP) is 3.30. The molecule has 0 aliphatic carbocycles. The maximum Gasteiger partial charge on any atom is 0.360 e. The summed E-state index contributed by atoms with van der Waals surface area (Å²) in [7, 11) is 0. The van der Waals surface area contributed by atoms with Crippen LogP contribution in [0.25, 0.3) is 0 Å². The van der Waals surface area contributed by atoms with Crippen molar-refractivity contribution in [1.29, 1.82) is 0 Å². The highest BCUT2D eigenvalue weighted by Gasteiger charge is 2.15. The second kappa shape index (κ2) is 6.62. The summed E-state index contributed by atoms with van der Waals surface area (Å²) in [6.45, 7) is 4.22. The number of rotatable bonds is 4. The van der Waals surface area contributed by atoms with E-state index in [-0.39, 0.29) is 11.6 Å². The zero-order valence-corrected chi connectivity index (χ0v) is 11.9. The van der Waals surface area contributed by atoms with Crippen LogP contribution in [0.2, 0.25) is 0 Å². The van der Waals surface area contributed by atoms with Crippen molar-refractivity contribution in [3.63, 3.8) is 0 Å². The largest absolute Gasteiger partial charge is 0.476 e. The van der Waals surface area contributed by atoms with E-state index in [1.807, 2.05) is 12.1 Å². The van der Waals surface area contributed by atoms with Gasteiger partial charge in [-0.05, 0) is 24.1 Å². The van der Waals surface area contributed by atoms with Gasteiger partial charge < -0.3 is 14.8 Å². The topological polar surface area (TPSA) is 75.2 Å². The number of nitrogens with one attached hydrogen (secondary N) is 1. The van der Waals surface area contributed by atoms with Gasteiger partial charge in [0.15, 0.2) is 0 Å². The first-order valence-corrected chi connectivity index (χ1v) is 6.59. The third-order valence-corrected chi connectivity index (χ3v) is 2.60. The summed E-state index contributed by atoms with van der Waals surface area (Å²) in [6.07, 6.45) is 2.11. The Morgan fingerprint density at radius 2 is 2.29 bits per heavy atom. The Balaban J connectivity index is 2.15. The SMILES string of the molecule is CC(C)CC#Cc1cccc(Oc2[nH]cnc2C(=O)O)c1. The van der Waals surface area contributed by atoms with Gasteiger partial charge in [0, 0.05) is 12.0 Å². The number of carbonyl (C=O) groups is 1. The van der Waals surface area contributed by atoms with Crippen molar-refractivity contribution >= 4 is 5.97 Å². The number of imidazole rings is 1. The van der Waals surface area contributed by atoms with Crippen LogP contribution in [-0.4, -0.2) is 21.0 Å². The minimum atomic E-state index is -1.14. The quantitative estimate of drug-likeness (QED) is 0.845. The molecule has 2 N–H and O–H groups in total. The van der Waals surface area contributed by atoms with E-state index in [9.17, 15) is 4.79 Å². The summed E-state index contributed by atoms with van der Waals surface area (Å²) in [4.78, 5) is 17.3. The lowest BCUT2D eigenvalue weighted by molar-refractivity contribution is 0.0688. The molecule has 0 unspecified atom stereocenters. The Hall–Kier alpha value is -2.74. The number of nitrogens with zero attached hydrogens (tertiary/aromatic N) is 1. The van der Waals surface area contributed by atoms with Crippen LogP contribution >= 0.6 is 0 Å². The minimum absolute atomic E-state index is 0.106. The van der Waals surface area contributed by atoms with Crippen LogP contribution in [-0.2, 0) is 0 Å². The standard InChI is InChI=1S/C16H16N2O3/c1-11(2)5-3-6-12-7-4-8-13(9-12)21-15-14(16(19)20)17-10-18-15/h4,7-11H,5H2,1-2H3,(H,17,18)(H,19,20). The van der Waals surface area contributed by atoms with Crippen molar-refractivity contribution in [2.75, 3.05) is 0 Å². The van der Waals surface area contributed by atoms with Crippen LogP contribution in [0.4, 0.5) is 0 Å². The fourth-order valence-electron chi connectivity index (χ4n) is 1.62. The minimum Gasteiger partial charge on any atom is -0.476 e. The number of benzene rings is 1. The number of aromatic amines is 1. The maximum absolute atomic E-state index is 11.0. The summed E-state index contributed by atoms with van der Waals surface area (Å²) in [5.74, 6) is 6.16. The van der Waals surface area contributed by atoms with Gasteiger partial charge in [-0.15, -0.1) is 0 Å². The summed E-state index contributed by atoms with van der Waals surface area (Å²) >= 11 is 0. The van der Waals surface area contributed by atoms with Crippen LogP contribution in [0.3, 0.4) is 0 Å². The summed E-state index contributed by atoms with van der Waals surface area (Å²) in [5.41, 5.74) is 0.677. The highest BCUT2D eigenvalue weighted by atomic mass is 16.5. The second-order valence-corrected chi connectivity index (χ2v) is 4.92. The van der Waals surface area contributed by atoms with E-state index in [0.717, 1.165) is 12.0 Å². The molecule has 5 nitrogen and oxygen atoms in total. The molecule has 0 radical (unpaired) electrons. The van der Waals surface area contributed by atoms with E-state index in [1.54, 1.807) is 12.1 Å². The molecule has 2 rings (SSSR count). The second-order valence-electron chi connectivity index (χ2n) is 4.92. The molecule has 0 saturated heterocycles. The molecule has 0 spiro atoms. The average Bonchev–Trinajstić information content (AvgIpc) is 2.87. The zero-order chi connectivity index (χ0) is 15.2. The number of ether oxygens (including phenoxy) is 1. The third-order valence-electron chi connectivity index (χ3n) is 2.60. The van der Waals surface area contributed by atoms with Crippen LogP contribution in [0.1, 0.15) is 36.3 Å². The molecule has 21 heavy (non-hydrogen) atoms. The monoisotopic (exact) mass is 284 g/mol. The molecule has 1 heterocycles. The predicted molar refractivity (Wildman–Crippen MR) is 78.4 cm³/mol. The molecule has 0 saturated carbocycles. The van der Waals surface area contributed by atoms with Gasteiger partial charge in [0.05, 0.1) is 6.33 Å². The van der Waals surface area contributed by atoms with E-state index in [2.05, 4.69) is 35.7 Å². The number of carboxylic acids is 1. The van der Waals surface area contributed by atoms with Crippen molar-refractivity contribution in [2.45, 2.75) is 20.3 Å². The molecular weight excluding hydrogens is 268 g/mol. The molecule has 2 aromatic rings. The zero-order valence-electron chi connectivity index (χ0n) is 11.9. The van der Waals surface area contributed by atoms with E-state index in [4.69, 9.17) is 9.84 Å². The van der Waals surface area contributed by atoms with Crippen molar-refractivity contribution in [3.8, 4) is 23.5 Å². The number of hydrogen-bond acceptors (Lipinski definition) is 3. The Morgan fingerprint density at radius 1 is 1.48 bits per heavy atom. The van der Waals surface area contributed by atoms with Gasteiger partial charge in [-0.1, -0.05) is 31.8 Å². The van der Waals surface area contributed by atoms with Gasteiger partial charge in [-0.3, -0.25) is 0 Å². The van der Waals surface area contributed by atoms with Gasteiger partial charge in [-0.2, -0.15) is 0 Å². The molecular formula is C16H16N2O3. The van der Waals surface area contributed by atoms with Gasteiger partial charge >= 0.3 is 5.97 Å². The van der Waals surface area contributed by atoms with Crippen LogP contribution in [0.5, 0.6) is 11.6 Å². The summed E-state index contributed by atoms with van der Waals surface area (Å²) in [6, 6.07) is 7.19. The van der Waals surface area contributed by atoms with Crippen molar-refractivity contribution in [1.82, 2.24) is 9.97 Å². The number of H-pyrrole nitrogens is 1. The lowest BCUT2D eigenvalue weighted by Gasteiger charge is -2.04. The molecule has 0 fully saturated rings. The van der Waals surface area contributed by atoms with Gasteiger partial charge in [0.25, 0.3) is 0 Å². The maximum atomic E-state index is 11.0. The van der Waals surface area contributed by atoms with E-state index >= 15 is 0 Å². The molecule has 0 aliphatic rings. The number of aromatic carboxylic acids is 1. The van der Waals surface area contributed by atoms with Gasteiger partial charge in [0.1, 0.15) is 5.75 Å². The molecule has 0 aliphatic heterocycles. The van der Waals surface area contributed by atoms with Gasteiger partial charge in [-0.25, -0.2) is 9.78 Å². The lowest BCUT2D eigenvalue weighted by atomic mass is 10.1. The van der Waals surface area contributed by atoms with E-state index in [1.165, 1.54) is 6.33 Å². The van der Waals surface area contributed by atoms with E-state index < -0.39 is 5.97 Å². The van der Waals surface area contributed by atoms with Crippen molar-refractivity contribution < 1.29 is 14.6 Å². The Morgan fingerprint density at radius 3 is 3.00 bits per heavy atom. The first kappa shape index (κ1) is 14.7. The summed E-state index contributed by atoms with van der Waals surface area (Å²) in [5, 5.41) is 8.97. The smallest absolute Gasteiger partial charge is 0.360 e. The molecule has 1 aromatic heterocycles. The van der Waals surface area contributed by atoms with Crippen molar-refractivity contribution in [3.05, 3.63) is 41.9 Å². The molecule has 0 amide bonds. The molecule has 0 bridgehead atoms. The van der Waals surface area contributed by atoms with Crippen molar-refractivity contribution in [2.24, 2.45) is 5.92 Å². The molecule has 5 heteroatoms. The fourth-order valence-corrected chi connectivity index (χ4v) is 1.62.